The van der Waals surface area contributed by atoms with Crippen molar-refractivity contribution in [3.8, 4) is 0 Å². The molecule has 0 amide bonds. The average molecular weight is 711 g/mol. The van der Waals surface area contributed by atoms with E-state index in [0.29, 0.717) is 0 Å². The van der Waals surface area contributed by atoms with Gasteiger partial charge in [-0.25, -0.2) is 9.59 Å². The van der Waals surface area contributed by atoms with E-state index < -0.39 is 22.8 Å². The minimum Gasteiger partial charge on any atom is -0.386 e. The summed E-state index contributed by atoms with van der Waals surface area (Å²) in [6.07, 6.45) is 0. The van der Waals surface area contributed by atoms with Crippen LogP contribution in [0, 0.1) is 0 Å². The van der Waals surface area contributed by atoms with E-state index in [1.165, 1.54) is 0 Å². The molecule has 0 aliphatic heterocycles. The van der Waals surface area contributed by atoms with Gasteiger partial charge in [-0.15, -0.1) is 0 Å². The van der Waals surface area contributed by atoms with Crippen molar-refractivity contribution in [2.24, 2.45) is 0 Å². The maximum atomic E-state index is 13.5. The van der Waals surface area contributed by atoms with Gasteiger partial charge in [-0.1, -0.05) is 206 Å². The lowest BCUT2D eigenvalue weighted by molar-refractivity contribution is 0.0397. The Balaban J connectivity index is 1.11. The van der Waals surface area contributed by atoms with Gasteiger partial charge in [0.25, 0.3) is 0 Å². The summed E-state index contributed by atoms with van der Waals surface area (Å²) in [6, 6.07) is 77.1. The lowest BCUT2D eigenvalue weighted by atomic mass is 9.65. The summed E-state index contributed by atoms with van der Waals surface area (Å²) in [5, 5.41) is 0. The Bertz CT molecular complexity index is 2110. The van der Waals surface area contributed by atoms with Gasteiger partial charge in [-0.2, -0.15) is 0 Å². The first-order valence-electron chi connectivity index (χ1n) is 18.4. The molecule has 0 heterocycles. The topological polar surface area (TPSA) is 43.4 Å². The minimum atomic E-state index is -0.711. The molecule has 0 spiro atoms. The standard InChI is InChI=1S/C52H38O3/c53-49(39-31-35-47(36-32-39)51(41-19-7-1-8-20-41,42-21-9-2-10-22-42)43-23-11-3-12-24-43)55-50(54)40-33-37-48(38-34-40)52(44-25-13-4-14-26-44,45-27-15-5-16-28-45)46-29-17-6-18-30-46/h1-38H. The molecule has 0 N–H and O–H groups in total. The molecular formula is C52H38O3. The maximum Gasteiger partial charge on any atom is 0.346 e. The number of rotatable bonds is 10. The van der Waals surface area contributed by atoms with Crippen LogP contribution in [0.2, 0.25) is 0 Å². The lowest BCUT2D eigenvalue weighted by Gasteiger charge is -2.37. The molecule has 264 valence electrons. The van der Waals surface area contributed by atoms with Gasteiger partial charge in [-0.3, -0.25) is 0 Å². The molecule has 0 saturated heterocycles. The molecule has 0 radical (unpaired) electrons. The highest BCUT2D eigenvalue weighted by Gasteiger charge is 2.39. The predicted octanol–water partition coefficient (Wildman–Crippen LogP) is 11.4. The van der Waals surface area contributed by atoms with E-state index in [2.05, 4.69) is 72.8 Å². The van der Waals surface area contributed by atoms with Crippen molar-refractivity contribution in [3.63, 3.8) is 0 Å². The summed E-state index contributed by atoms with van der Waals surface area (Å²) < 4.78 is 5.50. The maximum absolute atomic E-state index is 13.5. The number of ether oxygens (including phenoxy) is 1. The van der Waals surface area contributed by atoms with Crippen LogP contribution >= 0.6 is 0 Å². The molecule has 3 heteroatoms. The van der Waals surface area contributed by atoms with Crippen LogP contribution in [0.5, 0.6) is 0 Å². The summed E-state index contributed by atoms with van der Waals surface area (Å²) in [4.78, 5) is 27.1. The van der Waals surface area contributed by atoms with E-state index in [0.717, 1.165) is 44.5 Å². The van der Waals surface area contributed by atoms with Crippen molar-refractivity contribution >= 4 is 11.9 Å². The largest absolute Gasteiger partial charge is 0.386 e. The number of hydrogen-bond acceptors (Lipinski definition) is 3. The third-order valence-electron chi connectivity index (χ3n) is 10.5. The van der Waals surface area contributed by atoms with Gasteiger partial charge in [-0.05, 0) is 68.8 Å². The molecule has 3 nitrogen and oxygen atoms in total. The van der Waals surface area contributed by atoms with E-state index in [4.69, 9.17) is 4.74 Å². The van der Waals surface area contributed by atoms with Crippen LogP contribution in [0.1, 0.15) is 65.2 Å². The van der Waals surface area contributed by atoms with Crippen molar-refractivity contribution in [3.05, 3.63) is 286 Å². The third kappa shape index (κ3) is 6.47. The van der Waals surface area contributed by atoms with Crippen LogP contribution in [-0.2, 0) is 15.6 Å². The molecule has 55 heavy (non-hydrogen) atoms. The van der Waals surface area contributed by atoms with Gasteiger partial charge in [0.2, 0.25) is 0 Å². The fraction of sp³-hybridized carbons (Fsp3) is 0.0385. The quantitative estimate of drug-likeness (QED) is 0.0806. The zero-order valence-electron chi connectivity index (χ0n) is 30.2. The molecule has 0 saturated carbocycles. The molecule has 0 unspecified atom stereocenters. The molecule has 0 atom stereocenters. The number of esters is 2. The fourth-order valence-corrected chi connectivity index (χ4v) is 8.04. The first-order chi connectivity index (χ1) is 27.1. The third-order valence-corrected chi connectivity index (χ3v) is 10.5. The van der Waals surface area contributed by atoms with Gasteiger partial charge in [0, 0.05) is 0 Å². The Labute approximate surface area is 322 Å². The van der Waals surface area contributed by atoms with Gasteiger partial charge in [0.05, 0.1) is 22.0 Å². The zero-order chi connectivity index (χ0) is 37.5. The van der Waals surface area contributed by atoms with Crippen LogP contribution in [-0.4, -0.2) is 11.9 Å². The number of carbonyl (C=O) groups is 2. The van der Waals surface area contributed by atoms with Crippen LogP contribution in [0.25, 0.3) is 0 Å². The van der Waals surface area contributed by atoms with Gasteiger partial charge >= 0.3 is 11.9 Å². The first kappa shape index (κ1) is 35.0. The molecular weight excluding hydrogens is 673 g/mol. The Kier molecular flexibility index (Phi) is 9.84. The second-order valence-electron chi connectivity index (χ2n) is 13.5. The lowest BCUT2D eigenvalue weighted by Crippen LogP contribution is -2.31. The first-order valence-corrected chi connectivity index (χ1v) is 18.4. The van der Waals surface area contributed by atoms with E-state index in [-0.39, 0.29) is 11.1 Å². The highest BCUT2D eigenvalue weighted by atomic mass is 16.6. The highest BCUT2D eigenvalue weighted by molar-refractivity contribution is 6.02. The van der Waals surface area contributed by atoms with Gasteiger partial charge in [0.15, 0.2) is 0 Å². The van der Waals surface area contributed by atoms with Crippen molar-refractivity contribution in [1.29, 1.82) is 0 Å². The van der Waals surface area contributed by atoms with E-state index in [1.807, 2.05) is 133 Å². The number of hydrogen-bond donors (Lipinski definition) is 0. The zero-order valence-corrected chi connectivity index (χ0v) is 30.2. The SMILES string of the molecule is O=C(OC(=O)c1ccc(C(c2ccccc2)(c2ccccc2)c2ccccc2)cc1)c1ccc(C(c2ccccc2)(c2ccccc2)c2ccccc2)cc1. The number of benzene rings is 8. The Morgan fingerprint density at radius 1 is 0.255 bits per heavy atom. The predicted molar refractivity (Wildman–Crippen MR) is 219 cm³/mol. The molecule has 0 aliphatic rings. The smallest absolute Gasteiger partial charge is 0.346 e. The Hall–Kier alpha value is -7.10. The molecule has 0 aromatic heterocycles. The van der Waals surface area contributed by atoms with E-state index in [1.54, 1.807) is 24.3 Å². The Morgan fingerprint density at radius 2 is 0.436 bits per heavy atom. The summed E-state index contributed by atoms with van der Waals surface area (Å²) in [5.74, 6) is -1.42. The molecule has 0 fully saturated rings. The van der Waals surface area contributed by atoms with Crippen molar-refractivity contribution < 1.29 is 14.3 Å². The van der Waals surface area contributed by atoms with Crippen LogP contribution in [0.15, 0.2) is 231 Å². The summed E-state index contributed by atoms with van der Waals surface area (Å²) in [6.45, 7) is 0. The van der Waals surface area contributed by atoms with Gasteiger partial charge < -0.3 is 4.74 Å². The van der Waals surface area contributed by atoms with Crippen LogP contribution in [0.3, 0.4) is 0 Å². The van der Waals surface area contributed by atoms with E-state index >= 15 is 0 Å². The monoisotopic (exact) mass is 710 g/mol. The average Bonchev–Trinajstić information content (AvgIpc) is 3.27. The summed E-state index contributed by atoms with van der Waals surface area (Å²) in [5.41, 5.74) is 7.79. The van der Waals surface area contributed by atoms with E-state index in [9.17, 15) is 9.59 Å². The molecule has 8 aromatic carbocycles. The molecule has 8 aromatic rings. The minimum absolute atomic E-state index is 0.285. The van der Waals surface area contributed by atoms with Crippen molar-refractivity contribution in [1.82, 2.24) is 0 Å². The van der Waals surface area contributed by atoms with Crippen molar-refractivity contribution in [2.75, 3.05) is 0 Å². The molecule has 8 rings (SSSR count). The van der Waals surface area contributed by atoms with Crippen LogP contribution in [0.4, 0.5) is 0 Å². The summed E-state index contributed by atoms with van der Waals surface area (Å²) >= 11 is 0. The van der Waals surface area contributed by atoms with Crippen LogP contribution < -0.4 is 0 Å². The van der Waals surface area contributed by atoms with Gasteiger partial charge in [0.1, 0.15) is 0 Å². The Morgan fingerprint density at radius 3 is 0.636 bits per heavy atom. The molecule has 0 bridgehead atoms. The second-order valence-corrected chi connectivity index (χ2v) is 13.5. The second kappa shape index (κ2) is 15.5. The summed E-state index contributed by atoms with van der Waals surface area (Å²) in [7, 11) is 0. The number of carbonyl (C=O) groups excluding carboxylic acids is 2. The fourth-order valence-electron chi connectivity index (χ4n) is 8.04. The van der Waals surface area contributed by atoms with Crippen molar-refractivity contribution in [2.45, 2.75) is 10.8 Å². The normalized spacial score (nSPS) is 11.4. The highest BCUT2D eigenvalue weighted by Crippen LogP contribution is 2.46. The molecule has 0 aliphatic carbocycles.